The summed E-state index contributed by atoms with van der Waals surface area (Å²) in [6, 6.07) is 2.18. The van der Waals surface area contributed by atoms with E-state index in [0.29, 0.717) is 11.8 Å². The fraction of sp³-hybridized carbons (Fsp3) is 0.586. The van der Waals surface area contributed by atoms with Gasteiger partial charge in [-0.15, -0.1) is 11.3 Å². The molecule has 2 unspecified atom stereocenters. The van der Waals surface area contributed by atoms with Crippen LogP contribution in [0.4, 0.5) is 0 Å². The Labute approximate surface area is 200 Å². The third kappa shape index (κ3) is 6.88. The highest BCUT2D eigenvalue weighted by molar-refractivity contribution is 7.17. The minimum absolute atomic E-state index is 0.589. The van der Waals surface area contributed by atoms with Crippen LogP contribution in [0.5, 0.6) is 11.5 Å². The van der Waals surface area contributed by atoms with Crippen LogP contribution in [-0.4, -0.2) is 13.2 Å². The summed E-state index contributed by atoms with van der Waals surface area (Å²) < 4.78 is 14.3. The molecule has 0 radical (unpaired) electrons. The number of fused-ring (bicyclic) bond motifs is 1. The van der Waals surface area contributed by atoms with Crippen LogP contribution >= 0.6 is 11.3 Å². The number of rotatable bonds is 16. The number of ether oxygens (including phenoxy) is 2. The van der Waals surface area contributed by atoms with Crippen molar-refractivity contribution in [2.24, 2.45) is 11.8 Å². The first-order valence-electron chi connectivity index (χ1n) is 12.7. The molecule has 2 aromatic rings. The molecular weight excluding hydrogens is 412 g/mol. The fourth-order valence-corrected chi connectivity index (χ4v) is 5.11. The van der Waals surface area contributed by atoms with E-state index in [1.165, 1.54) is 43.2 Å². The third-order valence-corrected chi connectivity index (χ3v) is 7.36. The van der Waals surface area contributed by atoms with Crippen molar-refractivity contribution < 1.29 is 9.47 Å². The Bertz CT molecular complexity index is 848. The van der Waals surface area contributed by atoms with Crippen LogP contribution in [-0.2, 0) is 0 Å². The lowest BCUT2D eigenvalue weighted by atomic mass is 9.99. The van der Waals surface area contributed by atoms with Gasteiger partial charge in [-0.2, -0.15) is 0 Å². The Morgan fingerprint density at radius 2 is 1.50 bits per heavy atom. The maximum atomic E-state index is 6.56. The van der Waals surface area contributed by atoms with E-state index in [1.807, 2.05) is 6.08 Å². The molecule has 1 heterocycles. The van der Waals surface area contributed by atoms with E-state index in [-0.39, 0.29) is 0 Å². The lowest BCUT2D eigenvalue weighted by Crippen LogP contribution is -2.14. The van der Waals surface area contributed by atoms with E-state index in [2.05, 4.69) is 64.8 Å². The van der Waals surface area contributed by atoms with Crippen molar-refractivity contribution in [3.63, 3.8) is 0 Å². The van der Waals surface area contributed by atoms with Crippen molar-refractivity contribution in [1.29, 1.82) is 0 Å². The minimum Gasteiger partial charge on any atom is -0.492 e. The molecule has 0 saturated heterocycles. The standard InChI is InChI=1S/C29H44O2S/c1-7-13-16-22(10-4)20-30-27-24(12-6)25(15-9-3)28(29-26(27)18-19-32-29)31-21-23(11-5)17-14-8-2/h9,12,15,18-19,22-23H,6-8,10-11,13-14,16-17,20-21H2,1-5H3/b15-9-. The van der Waals surface area contributed by atoms with Crippen LogP contribution in [0.3, 0.4) is 0 Å². The first-order valence-corrected chi connectivity index (χ1v) is 13.6. The van der Waals surface area contributed by atoms with Gasteiger partial charge >= 0.3 is 0 Å². The topological polar surface area (TPSA) is 18.5 Å². The Balaban J connectivity index is 2.42. The Hall–Kier alpha value is -1.74. The molecule has 2 rings (SSSR count). The maximum Gasteiger partial charge on any atom is 0.145 e. The molecule has 32 heavy (non-hydrogen) atoms. The molecule has 0 fully saturated rings. The highest BCUT2D eigenvalue weighted by atomic mass is 32.1. The van der Waals surface area contributed by atoms with Gasteiger partial charge in [0, 0.05) is 16.5 Å². The zero-order chi connectivity index (χ0) is 23.3. The molecular formula is C29H44O2S. The normalized spacial score (nSPS) is 13.5. The molecule has 0 amide bonds. The molecule has 0 bridgehead atoms. The monoisotopic (exact) mass is 456 g/mol. The van der Waals surface area contributed by atoms with Crippen LogP contribution in [0.2, 0.25) is 0 Å². The molecule has 0 aliphatic heterocycles. The minimum atomic E-state index is 0.589. The van der Waals surface area contributed by atoms with E-state index >= 15 is 0 Å². The van der Waals surface area contributed by atoms with Crippen LogP contribution < -0.4 is 9.47 Å². The first kappa shape index (κ1) is 26.5. The van der Waals surface area contributed by atoms with E-state index < -0.39 is 0 Å². The molecule has 178 valence electrons. The Kier molecular flexibility index (Phi) is 11.9. The number of allylic oxidation sites excluding steroid dienone is 1. The quantitative estimate of drug-likeness (QED) is 0.250. The van der Waals surface area contributed by atoms with Crippen molar-refractivity contribution >= 4 is 33.6 Å². The SMILES string of the molecule is C=Cc1c(/C=C\C)c(OCC(CC)CCCC)c2sccc2c1OCC(CC)CCCC. The summed E-state index contributed by atoms with van der Waals surface area (Å²) in [5.41, 5.74) is 2.15. The average molecular weight is 457 g/mol. The van der Waals surface area contributed by atoms with E-state index in [1.54, 1.807) is 11.3 Å². The number of benzene rings is 1. The Morgan fingerprint density at radius 1 is 0.906 bits per heavy atom. The van der Waals surface area contributed by atoms with E-state index in [9.17, 15) is 0 Å². The predicted molar refractivity (Wildman–Crippen MR) is 144 cm³/mol. The van der Waals surface area contributed by atoms with Gasteiger partial charge in [-0.05, 0) is 43.0 Å². The van der Waals surface area contributed by atoms with E-state index in [0.717, 1.165) is 54.1 Å². The molecule has 0 aliphatic rings. The number of thiophene rings is 1. The smallest absolute Gasteiger partial charge is 0.145 e. The van der Waals surface area contributed by atoms with Crippen molar-refractivity contribution in [3.8, 4) is 11.5 Å². The summed E-state index contributed by atoms with van der Waals surface area (Å²) in [6.07, 6.45) is 15.9. The second-order valence-corrected chi connectivity index (χ2v) is 9.72. The molecule has 0 aliphatic carbocycles. The molecule has 2 atom stereocenters. The molecule has 2 nitrogen and oxygen atoms in total. The Morgan fingerprint density at radius 3 is 2.00 bits per heavy atom. The highest BCUT2D eigenvalue weighted by Crippen LogP contribution is 2.45. The molecule has 0 spiro atoms. The largest absolute Gasteiger partial charge is 0.492 e. The fourth-order valence-electron chi connectivity index (χ4n) is 4.21. The van der Waals surface area contributed by atoms with Crippen LogP contribution in [0.1, 0.15) is 97.1 Å². The second-order valence-electron chi connectivity index (χ2n) is 8.81. The summed E-state index contributed by atoms with van der Waals surface area (Å²) in [5, 5.41) is 3.31. The van der Waals surface area contributed by atoms with Gasteiger partial charge in [0.1, 0.15) is 11.5 Å². The van der Waals surface area contributed by atoms with Gasteiger partial charge in [0.25, 0.3) is 0 Å². The van der Waals surface area contributed by atoms with Crippen molar-refractivity contribution in [2.75, 3.05) is 13.2 Å². The number of hydrogen-bond acceptors (Lipinski definition) is 3. The van der Waals surface area contributed by atoms with Gasteiger partial charge in [0.2, 0.25) is 0 Å². The third-order valence-electron chi connectivity index (χ3n) is 6.45. The van der Waals surface area contributed by atoms with Gasteiger partial charge in [-0.25, -0.2) is 0 Å². The summed E-state index contributed by atoms with van der Waals surface area (Å²) in [4.78, 5) is 0. The summed E-state index contributed by atoms with van der Waals surface area (Å²) >= 11 is 1.75. The van der Waals surface area contributed by atoms with Gasteiger partial charge in [0.15, 0.2) is 0 Å². The molecule has 1 aromatic heterocycles. The van der Waals surface area contributed by atoms with Gasteiger partial charge in [0.05, 0.1) is 17.9 Å². The lowest BCUT2D eigenvalue weighted by Gasteiger charge is -2.22. The lowest BCUT2D eigenvalue weighted by molar-refractivity contribution is 0.231. The zero-order valence-electron chi connectivity index (χ0n) is 21.0. The first-order chi connectivity index (χ1) is 15.6. The highest BCUT2D eigenvalue weighted by Gasteiger charge is 2.21. The molecule has 1 aromatic carbocycles. The summed E-state index contributed by atoms with van der Waals surface area (Å²) in [6.45, 7) is 16.8. The van der Waals surface area contributed by atoms with Crippen molar-refractivity contribution in [3.05, 3.63) is 35.2 Å². The second kappa shape index (κ2) is 14.4. The van der Waals surface area contributed by atoms with Crippen molar-refractivity contribution in [2.45, 2.75) is 86.0 Å². The zero-order valence-corrected chi connectivity index (χ0v) is 21.9. The number of hydrogen-bond donors (Lipinski definition) is 0. The van der Waals surface area contributed by atoms with Crippen LogP contribution in [0.25, 0.3) is 22.2 Å². The number of unbranched alkanes of at least 4 members (excludes halogenated alkanes) is 2. The van der Waals surface area contributed by atoms with Gasteiger partial charge in [-0.3, -0.25) is 0 Å². The van der Waals surface area contributed by atoms with Crippen LogP contribution in [0.15, 0.2) is 24.1 Å². The van der Waals surface area contributed by atoms with E-state index in [4.69, 9.17) is 9.47 Å². The average Bonchev–Trinajstić information content (AvgIpc) is 3.30. The summed E-state index contributed by atoms with van der Waals surface area (Å²) in [5.74, 6) is 3.13. The molecule has 0 saturated carbocycles. The molecule has 0 N–H and O–H groups in total. The summed E-state index contributed by atoms with van der Waals surface area (Å²) in [7, 11) is 0. The van der Waals surface area contributed by atoms with Gasteiger partial charge < -0.3 is 9.47 Å². The predicted octanol–water partition coefficient (Wildman–Crippen LogP) is 9.77. The van der Waals surface area contributed by atoms with Crippen LogP contribution in [0, 0.1) is 11.8 Å². The van der Waals surface area contributed by atoms with Crippen molar-refractivity contribution in [1.82, 2.24) is 0 Å². The van der Waals surface area contributed by atoms with Gasteiger partial charge in [-0.1, -0.05) is 91.0 Å². The maximum absolute atomic E-state index is 6.56. The molecule has 3 heteroatoms.